The van der Waals surface area contributed by atoms with Crippen LogP contribution in [0.1, 0.15) is 87.2 Å². The van der Waals surface area contributed by atoms with E-state index in [9.17, 15) is 0 Å². The number of nitrogens with zero attached hydrogens (tertiary/aromatic N) is 3. The molecule has 3 heterocycles. The number of hydrogen-bond acceptors (Lipinski definition) is 2. The highest BCUT2D eigenvalue weighted by Gasteiger charge is 2.43. The van der Waals surface area contributed by atoms with E-state index in [4.69, 9.17) is 12.2 Å². The van der Waals surface area contributed by atoms with Crippen LogP contribution in [0.3, 0.4) is 0 Å². The molecule has 1 N–H and O–H groups in total. The average molecular weight is 395 g/mol. The fourth-order valence-corrected chi connectivity index (χ4v) is 5.90. The molecule has 28 heavy (non-hydrogen) atoms. The first kappa shape index (κ1) is 18.2. The van der Waals surface area contributed by atoms with Crippen molar-refractivity contribution in [3.8, 4) is 0 Å². The van der Waals surface area contributed by atoms with Crippen LogP contribution < -0.4 is 5.32 Å². The smallest absolute Gasteiger partial charge is 0.170 e. The zero-order valence-electron chi connectivity index (χ0n) is 16.5. The van der Waals surface area contributed by atoms with Gasteiger partial charge >= 0.3 is 0 Å². The molecule has 2 saturated carbocycles. The van der Waals surface area contributed by atoms with Crippen molar-refractivity contribution in [3.63, 3.8) is 0 Å². The van der Waals surface area contributed by atoms with Gasteiger partial charge < -0.3 is 14.8 Å². The SMILES string of the molecule is S=C1N[C@H](c2ccccn2)[C@@H](c2ccn(C3CCCCC3)c2)N1C1CCCC1. The number of aromatic nitrogens is 2. The number of nitrogens with one attached hydrogen (secondary N) is 1. The molecule has 0 amide bonds. The highest BCUT2D eigenvalue weighted by molar-refractivity contribution is 7.80. The summed E-state index contributed by atoms with van der Waals surface area (Å²) in [5, 5.41) is 4.52. The van der Waals surface area contributed by atoms with E-state index in [1.54, 1.807) is 0 Å². The standard InChI is InChI=1S/C23H30N4S/c28-23-25-21(20-12-6-7-14-24-20)22(27(23)19-10-4-5-11-19)17-13-15-26(16-17)18-8-2-1-3-9-18/h6-7,12-16,18-19,21-22H,1-5,8-11H2,(H,25,28)/t21-,22-/m1/s1. The Balaban J connectivity index is 1.49. The molecule has 2 aliphatic carbocycles. The van der Waals surface area contributed by atoms with Crippen LogP contribution in [0.4, 0.5) is 0 Å². The van der Waals surface area contributed by atoms with E-state index in [-0.39, 0.29) is 12.1 Å². The fraction of sp³-hybridized carbons (Fsp3) is 0.565. The van der Waals surface area contributed by atoms with Gasteiger partial charge in [0.25, 0.3) is 0 Å². The van der Waals surface area contributed by atoms with Gasteiger partial charge in [-0.1, -0.05) is 38.2 Å². The Bertz CT molecular complexity index is 805. The highest BCUT2D eigenvalue weighted by atomic mass is 32.1. The van der Waals surface area contributed by atoms with Crippen LogP contribution in [0.15, 0.2) is 42.9 Å². The molecule has 0 radical (unpaired) electrons. The lowest BCUT2D eigenvalue weighted by Crippen LogP contribution is -2.37. The first-order valence-electron chi connectivity index (χ1n) is 11.0. The maximum absolute atomic E-state index is 5.84. The third-order valence-corrected chi connectivity index (χ3v) is 7.26. The Hall–Kier alpha value is -1.88. The molecule has 0 unspecified atom stereocenters. The number of thiocarbonyl (C=S) groups is 1. The minimum atomic E-state index is 0.122. The Labute approximate surface area is 173 Å². The maximum Gasteiger partial charge on any atom is 0.170 e. The van der Waals surface area contributed by atoms with Gasteiger partial charge in [-0.2, -0.15) is 0 Å². The van der Waals surface area contributed by atoms with Crippen LogP contribution in [-0.4, -0.2) is 25.6 Å². The minimum absolute atomic E-state index is 0.122. The first-order valence-corrected chi connectivity index (χ1v) is 11.4. The summed E-state index contributed by atoms with van der Waals surface area (Å²) in [6.45, 7) is 0. The summed E-state index contributed by atoms with van der Waals surface area (Å²) in [5.41, 5.74) is 2.46. The molecule has 2 aromatic rings. The van der Waals surface area contributed by atoms with Crippen LogP contribution in [0.2, 0.25) is 0 Å². The van der Waals surface area contributed by atoms with E-state index in [2.05, 4.69) is 50.4 Å². The van der Waals surface area contributed by atoms with Crippen molar-refractivity contribution in [1.82, 2.24) is 19.8 Å². The average Bonchev–Trinajstić information content (AvgIpc) is 3.48. The summed E-state index contributed by atoms with van der Waals surface area (Å²) in [4.78, 5) is 7.18. The molecule has 148 valence electrons. The Kier molecular flexibility index (Phi) is 5.10. The second-order valence-corrected chi connectivity index (χ2v) is 9.04. The van der Waals surface area contributed by atoms with Crippen LogP contribution in [0, 0.1) is 0 Å². The van der Waals surface area contributed by atoms with Crippen molar-refractivity contribution in [2.24, 2.45) is 0 Å². The second-order valence-electron chi connectivity index (χ2n) is 8.66. The third-order valence-electron chi connectivity index (χ3n) is 6.93. The van der Waals surface area contributed by atoms with E-state index >= 15 is 0 Å². The molecule has 0 bridgehead atoms. The molecule has 5 heteroatoms. The predicted molar refractivity (Wildman–Crippen MR) is 116 cm³/mol. The molecular weight excluding hydrogens is 364 g/mol. The Morgan fingerprint density at radius 2 is 1.68 bits per heavy atom. The van der Waals surface area contributed by atoms with E-state index in [0.29, 0.717) is 12.1 Å². The molecular formula is C23H30N4S. The minimum Gasteiger partial charge on any atom is -0.352 e. The van der Waals surface area contributed by atoms with Gasteiger partial charge in [0, 0.05) is 30.7 Å². The van der Waals surface area contributed by atoms with Gasteiger partial charge in [-0.05, 0) is 61.7 Å². The van der Waals surface area contributed by atoms with E-state index < -0.39 is 0 Å². The number of hydrogen-bond donors (Lipinski definition) is 1. The zero-order valence-corrected chi connectivity index (χ0v) is 17.3. The van der Waals surface area contributed by atoms with Crippen molar-refractivity contribution in [2.75, 3.05) is 0 Å². The van der Waals surface area contributed by atoms with Gasteiger partial charge in [-0.25, -0.2) is 0 Å². The first-order chi connectivity index (χ1) is 13.8. The summed E-state index contributed by atoms with van der Waals surface area (Å²) in [5.74, 6) is 0. The fourth-order valence-electron chi connectivity index (χ4n) is 5.51. The zero-order chi connectivity index (χ0) is 18.9. The lowest BCUT2D eigenvalue weighted by atomic mass is 9.95. The van der Waals surface area contributed by atoms with Crippen LogP contribution in [0.25, 0.3) is 0 Å². The van der Waals surface area contributed by atoms with E-state index in [1.165, 1.54) is 63.4 Å². The Morgan fingerprint density at radius 3 is 2.43 bits per heavy atom. The van der Waals surface area contributed by atoms with Gasteiger partial charge in [0.2, 0.25) is 0 Å². The van der Waals surface area contributed by atoms with Gasteiger partial charge in [0.05, 0.1) is 17.8 Å². The largest absolute Gasteiger partial charge is 0.352 e. The van der Waals surface area contributed by atoms with Gasteiger partial charge in [-0.3, -0.25) is 4.98 Å². The normalized spacial score (nSPS) is 26.7. The molecule has 2 atom stereocenters. The molecule has 3 aliphatic rings. The lowest BCUT2D eigenvalue weighted by Gasteiger charge is -2.32. The highest BCUT2D eigenvalue weighted by Crippen LogP contribution is 2.43. The Morgan fingerprint density at radius 1 is 0.929 bits per heavy atom. The molecule has 5 rings (SSSR count). The maximum atomic E-state index is 5.84. The van der Waals surface area contributed by atoms with Crippen molar-refractivity contribution in [2.45, 2.75) is 82.0 Å². The van der Waals surface area contributed by atoms with E-state index in [1.807, 2.05) is 12.3 Å². The summed E-state index contributed by atoms with van der Waals surface area (Å²) in [7, 11) is 0. The van der Waals surface area contributed by atoms with Crippen LogP contribution in [0.5, 0.6) is 0 Å². The quantitative estimate of drug-likeness (QED) is 0.713. The molecule has 1 saturated heterocycles. The second kappa shape index (κ2) is 7.86. The predicted octanol–water partition coefficient (Wildman–Crippen LogP) is 5.30. The van der Waals surface area contributed by atoms with Crippen molar-refractivity contribution < 1.29 is 0 Å². The van der Waals surface area contributed by atoms with Gasteiger partial charge in [-0.15, -0.1) is 0 Å². The lowest BCUT2D eigenvalue weighted by molar-refractivity contribution is 0.245. The van der Waals surface area contributed by atoms with Crippen molar-refractivity contribution in [3.05, 3.63) is 54.1 Å². The summed E-state index contributed by atoms with van der Waals surface area (Å²) in [6.07, 6.45) is 18.4. The number of pyridine rings is 1. The molecule has 2 aromatic heterocycles. The molecule has 1 aliphatic heterocycles. The molecule has 3 fully saturated rings. The van der Waals surface area contributed by atoms with Crippen molar-refractivity contribution >= 4 is 17.3 Å². The summed E-state index contributed by atoms with van der Waals surface area (Å²) in [6, 6.07) is 10.1. The molecule has 0 aromatic carbocycles. The van der Waals surface area contributed by atoms with Crippen LogP contribution in [-0.2, 0) is 0 Å². The third kappa shape index (κ3) is 3.34. The molecule has 4 nitrogen and oxygen atoms in total. The summed E-state index contributed by atoms with van der Waals surface area (Å²) < 4.78 is 2.47. The molecule has 0 spiro atoms. The monoisotopic (exact) mass is 394 g/mol. The topological polar surface area (TPSA) is 33.1 Å². The number of rotatable bonds is 4. The van der Waals surface area contributed by atoms with Crippen molar-refractivity contribution in [1.29, 1.82) is 0 Å². The van der Waals surface area contributed by atoms with Crippen LogP contribution >= 0.6 is 12.2 Å². The van der Waals surface area contributed by atoms with E-state index in [0.717, 1.165) is 10.8 Å². The van der Waals surface area contributed by atoms with Gasteiger partial charge in [0.15, 0.2) is 5.11 Å². The van der Waals surface area contributed by atoms with Gasteiger partial charge in [0.1, 0.15) is 0 Å². The summed E-state index contributed by atoms with van der Waals surface area (Å²) >= 11 is 5.84.